The smallest absolute Gasteiger partial charge is 0.229 e. The van der Waals surface area contributed by atoms with Crippen LogP contribution in [0.3, 0.4) is 0 Å². The van der Waals surface area contributed by atoms with Crippen molar-refractivity contribution in [3.8, 4) is 0 Å². The van der Waals surface area contributed by atoms with Gasteiger partial charge in [-0.2, -0.15) is 9.29 Å². The van der Waals surface area contributed by atoms with Gasteiger partial charge < -0.3 is 4.52 Å². The quantitative estimate of drug-likeness (QED) is 0.777. The molecule has 0 aliphatic heterocycles. The van der Waals surface area contributed by atoms with Crippen molar-refractivity contribution in [2.24, 2.45) is 0 Å². The molecule has 1 aliphatic rings. The number of nitrogens with zero attached hydrogens (tertiary/aromatic N) is 3. The molecule has 0 spiro atoms. The van der Waals surface area contributed by atoms with Gasteiger partial charge in [0.15, 0.2) is 5.82 Å². The van der Waals surface area contributed by atoms with E-state index in [-0.39, 0.29) is 23.0 Å². The van der Waals surface area contributed by atoms with Crippen LogP contribution >= 0.6 is 11.6 Å². The molecule has 9 heteroatoms. The Kier molecular flexibility index (Phi) is 4.89. The highest BCUT2D eigenvalue weighted by Crippen LogP contribution is 2.35. The molecule has 1 heterocycles. The van der Waals surface area contributed by atoms with Crippen molar-refractivity contribution in [2.75, 3.05) is 7.05 Å². The van der Waals surface area contributed by atoms with E-state index in [9.17, 15) is 12.8 Å². The van der Waals surface area contributed by atoms with Crippen LogP contribution in [0.5, 0.6) is 0 Å². The minimum Gasteiger partial charge on any atom is -0.339 e. The summed E-state index contributed by atoms with van der Waals surface area (Å²) in [5.41, 5.74) is 0.0644. The molecule has 1 saturated carbocycles. The number of hydrogen-bond acceptors (Lipinski definition) is 5. The van der Waals surface area contributed by atoms with E-state index in [0.29, 0.717) is 11.7 Å². The molecule has 1 aromatic heterocycles. The van der Waals surface area contributed by atoms with Gasteiger partial charge in [0.05, 0.1) is 12.3 Å². The molecule has 0 saturated heterocycles. The van der Waals surface area contributed by atoms with Gasteiger partial charge in [-0.05, 0) is 25.0 Å². The monoisotopic (exact) mass is 373 g/mol. The molecule has 0 N–H and O–H groups in total. The van der Waals surface area contributed by atoms with Crippen molar-refractivity contribution in [1.82, 2.24) is 14.4 Å². The standard InChI is InChI=1S/C15H17ClFN3O3S/c1-20(8-14-18-15(23-19-14)10-3-2-4-10)24(21,22)9-11-5-6-12(16)7-13(11)17/h5-7,10H,2-4,8-9H2,1H3. The first-order chi connectivity index (χ1) is 11.3. The van der Waals surface area contributed by atoms with E-state index >= 15 is 0 Å². The number of benzene rings is 1. The minimum absolute atomic E-state index is 0.0201. The van der Waals surface area contributed by atoms with E-state index in [4.69, 9.17) is 16.1 Å². The number of sulfonamides is 1. The Hall–Kier alpha value is -1.51. The topological polar surface area (TPSA) is 76.3 Å². The van der Waals surface area contributed by atoms with Gasteiger partial charge in [0.1, 0.15) is 5.82 Å². The molecule has 130 valence electrons. The van der Waals surface area contributed by atoms with Gasteiger partial charge in [0.2, 0.25) is 15.9 Å². The van der Waals surface area contributed by atoms with Crippen LogP contribution in [-0.2, 0) is 22.3 Å². The summed E-state index contributed by atoms with van der Waals surface area (Å²) < 4.78 is 44.8. The van der Waals surface area contributed by atoms with Gasteiger partial charge in [-0.15, -0.1) is 0 Å². The van der Waals surface area contributed by atoms with E-state index in [1.807, 2.05) is 0 Å². The highest BCUT2D eigenvalue weighted by atomic mass is 35.5. The molecule has 0 unspecified atom stereocenters. The van der Waals surface area contributed by atoms with Gasteiger partial charge >= 0.3 is 0 Å². The molecule has 6 nitrogen and oxygen atoms in total. The lowest BCUT2D eigenvalue weighted by Gasteiger charge is -2.20. The maximum atomic E-state index is 13.8. The molecular weight excluding hydrogens is 357 g/mol. The molecule has 24 heavy (non-hydrogen) atoms. The molecule has 2 aromatic rings. The van der Waals surface area contributed by atoms with Crippen LogP contribution in [0.25, 0.3) is 0 Å². The summed E-state index contributed by atoms with van der Waals surface area (Å²) in [6.07, 6.45) is 3.18. The Bertz CT molecular complexity index is 836. The van der Waals surface area contributed by atoms with Crippen LogP contribution in [0.15, 0.2) is 22.7 Å². The van der Waals surface area contributed by atoms with E-state index in [0.717, 1.165) is 29.6 Å². The molecule has 3 rings (SSSR count). The molecule has 1 aliphatic carbocycles. The van der Waals surface area contributed by atoms with Crippen molar-refractivity contribution in [3.63, 3.8) is 0 Å². The summed E-state index contributed by atoms with van der Waals surface area (Å²) in [5, 5.41) is 4.04. The van der Waals surface area contributed by atoms with Gasteiger partial charge in [-0.3, -0.25) is 0 Å². The third-order valence-electron chi connectivity index (χ3n) is 4.13. The molecule has 0 bridgehead atoms. The Morgan fingerprint density at radius 2 is 2.17 bits per heavy atom. The van der Waals surface area contributed by atoms with Crippen molar-refractivity contribution < 1.29 is 17.3 Å². The zero-order valence-corrected chi connectivity index (χ0v) is 14.6. The summed E-state index contributed by atoms with van der Waals surface area (Å²) in [4.78, 5) is 4.25. The number of hydrogen-bond donors (Lipinski definition) is 0. The van der Waals surface area contributed by atoms with Gasteiger partial charge in [-0.1, -0.05) is 29.2 Å². The Balaban J connectivity index is 1.68. The first kappa shape index (κ1) is 17.3. The second-order valence-electron chi connectivity index (χ2n) is 5.92. The van der Waals surface area contributed by atoms with E-state index in [1.165, 1.54) is 19.2 Å². The summed E-state index contributed by atoms with van der Waals surface area (Å²) in [6.45, 7) is -0.0201. The van der Waals surface area contributed by atoms with Gasteiger partial charge in [-0.25, -0.2) is 12.8 Å². The van der Waals surface area contributed by atoms with E-state index in [1.54, 1.807) is 0 Å². The number of halogens is 2. The fourth-order valence-electron chi connectivity index (χ4n) is 2.40. The summed E-state index contributed by atoms with van der Waals surface area (Å²) >= 11 is 5.68. The lowest BCUT2D eigenvalue weighted by Crippen LogP contribution is -2.28. The third kappa shape index (κ3) is 3.76. The van der Waals surface area contributed by atoms with Crippen LogP contribution in [0.2, 0.25) is 5.02 Å². The summed E-state index contributed by atoms with van der Waals surface area (Å²) in [6, 6.07) is 3.92. The Labute approximate surface area is 144 Å². The van der Waals surface area contributed by atoms with Crippen molar-refractivity contribution >= 4 is 21.6 Å². The van der Waals surface area contributed by atoms with Crippen molar-refractivity contribution in [3.05, 3.63) is 46.3 Å². The van der Waals surface area contributed by atoms with E-state index < -0.39 is 21.6 Å². The summed E-state index contributed by atoms with van der Waals surface area (Å²) in [7, 11) is -2.32. The maximum Gasteiger partial charge on any atom is 0.229 e. The largest absolute Gasteiger partial charge is 0.339 e. The van der Waals surface area contributed by atoms with Crippen LogP contribution < -0.4 is 0 Å². The Morgan fingerprint density at radius 3 is 2.79 bits per heavy atom. The molecule has 0 amide bonds. The lowest BCUT2D eigenvalue weighted by atomic mass is 9.85. The fourth-order valence-corrected chi connectivity index (χ4v) is 3.71. The highest BCUT2D eigenvalue weighted by Gasteiger charge is 2.27. The zero-order chi connectivity index (χ0) is 17.3. The minimum atomic E-state index is -3.72. The van der Waals surface area contributed by atoms with Crippen LogP contribution in [0, 0.1) is 5.82 Å². The lowest BCUT2D eigenvalue weighted by molar-refractivity contribution is 0.290. The Morgan fingerprint density at radius 1 is 1.42 bits per heavy atom. The average molecular weight is 374 g/mol. The number of aromatic nitrogens is 2. The molecular formula is C15H17ClFN3O3S. The van der Waals surface area contributed by atoms with Gasteiger partial charge in [0, 0.05) is 23.6 Å². The van der Waals surface area contributed by atoms with Crippen molar-refractivity contribution in [2.45, 2.75) is 37.5 Å². The fraction of sp³-hybridized carbons (Fsp3) is 0.467. The van der Waals surface area contributed by atoms with Crippen LogP contribution in [0.1, 0.15) is 42.5 Å². The van der Waals surface area contributed by atoms with Crippen molar-refractivity contribution in [1.29, 1.82) is 0 Å². The molecule has 0 atom stereocenters. The highest BCUT2D eigenvalue weighted by molar-refractivity contribution is 7.88. The zero-order valence-electron chi connectivity index (χ0n) is 13.1. The SMILES string of the molecule is CN(Cc1noc(C2CCC2)n1)S(=O)(=O)Cc1ccc(Cl)cc1F. The number of rotatable bonds is 6. The first-order valence-corrected chi connectivity index (χ1v) is 9.54. The maximum absolute atomic E-state index is 13.8. The van der Waals surface area contributed by atoms with Crippen LogP contribution in [0.4, 0.5) is 4.39 Å². The molecule has 0 radical (unpaired) electrons. The average Bonchev–Trinajstić information content (AvgIpc) is 2.88. The van der Waals surface area contributed by atoms with E-state index in [2.05, 4.69) is 10.1 Å². The normalized spacial score (nSPS) is 15.7. The van der Waals surface area contributed by atoms with Crippen LogP contribution in [-0.4, -0.2) is 29.9 Å². The first-order valence-electron chi connectivity index (χ1n) is 7.55. The summed E-state index contributed by atoms with van der Waals surface area (Å²) in [5.74, 6) is 0.0489. The predicted molar refractivity (Wildman–Crippen MR) is 86.4 cm³/mol. The third-order valence-corrected chi connectivity index (χ3v) is 6.12. The predicted octanol–water partition coefficient (Wildman–Crippen LogP) is 3.09. The van der Waals surface area contributed by atoms with Gasteiger partial charge in [0.25, 0.3) is 0 Å². The molecule has 1 fully saturated rings. The second-order valence-corrected chi connectivity index (χ2v) is 8.44. The molecule has 1 aromatic carbocycles. The second kappa shape index (κ2) is 6.78.